The van der Waals surface area contributed by atoms with Gasteiger partial charge in [0.1, 0.15) is 6.04 Å². The molecular formula is C19H19NO4S2. The Morgan fingerprint density at radius 1 is 1.15 bits per heavy atom. The van der Waals surface area contributed by atoms with Crippen molar-refractivity contribution in [2.45, 2.75) is 18.9 Å². The van der Waals surface area contributed by atoms with E-state index in [1.807, 2.05) is 47.8 Å². The molecule has 0 radical (unpaired) electrons. The highest BCUT2D eigenvalue weighted by atomic mass is 32.2. The summed E-state index contributed by atoms with van der Waals surface area (Å²) in [5.74, 6) is -1.16. The van der Waals surface area contributed by atoms with E-state index in [9.17, 15) is 18.3 Å². The first-order valence-corrected chi connectivity index (χ1v) is 10.8. The largest absolute Gasteiger partial charge is 0.480 e. The highest BCUT2D eigenvalue weighted by Gasteiger charge is 2.32. The van der Waals surface area contributed by atoms with Gasteiger partial charge in [0.05, 0.1) is 11.9 Å². The zero-order chi connectivity index (χ0) is 18.7. The van der Waals surface area contributed by atoms with Crippen LogP contribution in [0.2, 0.25) is 0 Å². The molecule has 0 saturated heterocycles. The van der Waals surface area contributed by atoms with E-state index in [0.717, 1.165) is 26.2 Å². The maximum atomic E-state index is 12.4. The van der Waals surface area contributed by atoms with Crippen LogP contribution in [0.4, 0.5) is 5.69 Å². The van der Waals surface area contributed by atoms with Crippen molar-refractivity contribution in [1.29, 1.82) is 0 Å². The molecule has 0 amide bonds. The van der Waals surface area contributed by atoms with Gasteiger partial charge in [-0.1, -0.05) is 30.3 Å². The maximum Gasteiger partial charge on any atom is 0.327 e. The highest BCUT2D eigenvalue weighted by molar-refractivity contribution is 7.92. The van der Waals surface area contributed by atoms with E-state index in [2.05, 4.69) is 0 Å². The molecule has 1 atom stereocenters. The quantitative estimate of drug-likeness (QED) is 0.668. The SMILES string of the molecule is CS(=O)(=O)N(c1ccc2sccc2c1)[C@H](CCc1ccccc1)C(=O)O. The van der Waals surface area contributed by atoms with E-state index >= 15 is 0 Å². The van der Waals surface area contributed by atoms with E-state index in [1.165, 1.54) is 0 Å². The Hall–Kier alpha value is -2.38. The molecule has 0 unspecified atom stereocenters. The Bertz CT molecular complexity index is 1010. The molecule has 3 aromatic rings. The van der Waals surface area contributed by atoms with Gasteiger partial charge >= 0.3 is 5.97 Å². The van der Waals surface area contributed by atoms with Gasteiger partial charge in [-0.2, -0.15) is 0 Å². The molecule has 0 fully saturated rings. The fourth-order valence-corrected chi connectivity index (χ4v) is 4.91. The Kier molecular flexibility index (Phi) is 5.29. The van der Waals surface area contributed by atoms with E-state index in [1.54, 1.807) is 23.5 Å². The number of rotatable bonds is 7. The van der Waals surface area contributed by atoms with Crippen LogP contribution < -0.4 is 4.31 Å². The number of benzene rings is 2. The molecule has 0 aliphatic heterocycles. The first-order chi connectivity index (χ1) is 12.4. The lowest BCUT2D eigenvalue weighted by molar-refractivity contribution is -0.138. The van der Waals surface area contributed by atoms with Gasteiger partial charge in [0.15, 0.2) is 0 Å². The van der Waals surface area contributed by atoms with Gasteiger partial charge in [-0.25, -0.2) is 13.2 Å². The Morgan fingerprint density at radius 2 is 1.88 bits per heavy atom. The van der Waals surface area contributed by atoms with Gasteiger partial charge in [-0.15, -0.1) is 11.3 Å². The van der Waals surface area contributed by atoms with Crippen molar-refractivity contribution >= 4 is 43.1 Å². The van der Waals surface area contributed by atoms with Gasteiger partial charge in [-0.05, 0) is 53.4 Å². The fourth-order valence-electron chi connectivity index (χ4n) is 2.98. The highest BCUT2D eigenvalue weighted by Crippen LogP contribution is 2.29. The molecule has 26 heavy (non-hydrogen) atoms. The fraction of sp³-hybridized carbons (Fsp3) is 0.211. The van der Waals surface area contributed by atoms with Crippen LogP contribution in [0.15, 0.2) is 60.0 Å². The maximum absolute atomic E-state index is 12.4. The minimum atomic E-state index is -3.76. The van der Waals surface area contributed by atoms with Crippen molar-refractivity contribution in [2.24, 2.45) is 0 Å². The van der Waals surface area contributed by atoms with Gasteiger partial charge in [0.2, 0.25) is 10.0 Å². The number of fused-ring (bicyclic) bond motifs is 1. The number of aliphatic carboxylic acids is 1. The van der Waals surface area contributed by atoms with Gasteiger partial charge in [0.25, 0.3) is 0 Å². The first-order valence-electron chi connectivity index (χ1n) is 8.09. The molecule has 1 N–H and O–H groups in total. The van der Waals surface area contributed by atoms with Crippen LogP contribution in [0, 0.1) is 0 Å². The monoisotopic (exact) mass is 389 g/mol. The number of sulfonamides is 1. The smallest absolute Gasteiger partial charge is 0.327 e. The number of aryl methyl sites for hydroxylation is 1. The molecule has 7 heteroatoms. The lowest BCUT2D eigenvalue weighted by Crippen LogP contribution is -2.45. The van der Waals surface area contributed by atoms with E-state index < -0.39 is 22.0 Å². The number of carboxylic acids is 1. The third-order valence-corrected chi connectivity index (χ3v) is 6.24. The Morgan fingerprint density at radius 3 is 2.54 bits per heavy atom. The average Bonchev–Trinajstić information content (AvgIpc) is 3.05. The van der Waals surface area contributed by atoms with E-state index in [0.29, 0.717) is 12.1 Å². The normalized spacial score (nSPS) is 12.8. The third kappa shape index (κ3) is 4.05. The lowest BCUT2D eigenvalue weighted by atomic mass is 10.0. The molecule has 0 spiro atoms. The molecule has 0 aliphatic carbocycles. The number of thiophene rings is 1. The molecule has 2 aromatic carbocycles. The van der Waals surface area contributed by atoms with Crippen LogP contribution in [0.25, 0.3) is 10.1 Å². The second-order valence-electron chi connectivity index (χ2n) is 6.08. The van der Waals surface area contributed by atoms with Gasteiger partial charge in [-0.3, -0.25) is 4.31 Å². The zero-order valence-corrected chi connectivity index (χ0v) is 15.8. The molecule has 0 aliphatic rings. The summed E-state index contributed by atoms with van der Waals surface area (Å²) in [6.45, 7) is 0. The lowest BCUT2D eigenvalue weighted by Gasteiger charge is -2.29. The molecule has 3 rings (SSSR count). The summed E-state index contributed by atoms with van der Waals surface area (Å²) in [6.07, 6.45) is 1.71. The van der Waals surface area contributed by atoms with Crippen LogP contribution in [-0.2, 0) is 21.2 Å². The van der Waals surface area contributed by atoms with Crippen LogP contribution in [0.5, 0.6) is 0 Å². The molecule has 0 saturated carbocycles. The van der Waals surface area contributed by atoms with Crippen molar-refractivity contribution in [3.63, 3.8) is 0 Å². The molecule has 1 aromatic heterocycles. The number of carboxylic acid groups (broad SMARTS) is 1. The van der Waals surface area contributed by atoms with Crippen LogP contribution in [-0.4, -0.2) is 31.8 Å². The molecule has 5 nitrogen and oxygen atoms in total. The van der Waals surface area contributed by atoms with Gasteiger partial charge < -0.3 is 5.11 Å². The standard InChI is InChI=1S/C19H19NO4S2/c1-26(23,24)20(16-8-10-18-15(13-16)11-12-25-18)17(19(21)22)9-7-14-5-3-2-4-6-14/h2-6,8,10-13,17H,7,9H2,1H3,(H,21,22)/t17-/m1/s1. The summed E-state index contributed by atoms with van der Waals surface area (Å²) in [6, 6.07) is 15.4. The molecule has 1 heterocycles. The summed E-state index contributed by atoms with van der Waals surface area (Å²) in [4.78, 5) is 11.9. The summed E-state index contributed by atoms with van der Waals surface area (Å²) in [7, 11) is -3.76. The van der Waals surface area contributed by atoms with Crippen molar-refractivity contribution in [1.82, 2.24) is 0 Å². The molecule has 0 bridgehead atoms. The summed E-state index contributed by atoms with van der Waals surface area (Å²) >= 11 is 1.55. The van der Waals surface area contributed by atoms with E-state index in [4.69, 9.17) is 0 Å². The first kappa shape index (κ1) is 18.4. The average molecular weight is 389 g/mol. The number of nitrogens with zero attached hydrogens (tertiary/aromatic N) is 1. The summed E-state index contributed by atoms with van der Waals surface area (Å²) < 4.78 is 26.9. The van der Waals surface area contributed by atoms with Crippen molar-refractivity contribution in [3.05, 3.63) is 65.5 Å². The van der Waals surface area contributed by atoms with Crippen LogP contribution in [0.1, 0.15) is 12.0 Å². The van der Waals surface area contributed by atoms with Crippen LogP contribution in [0.3, 0.4) is 0 Å². The topological polar surface area (TPSA) is 74.7 Å². The predicted molar refractivity (Wildman–Crippen MR) is 105 cm³/mol. The van der Waals surface area contributed by atoms with Gasteiger partial charge in [0, 0.05) is 4.70 Å². The second-order valence-corrected chi connectivity index (χ2v) is 8.89. The minimum Gasteiger partial charge on any atom is -0.480 e. The Labute approximate surface area is 156 Å². The number of carbonyl (C=O) groups is 1. The molecule has 136 valence electrons. The Balaban J connectivity index is 1.96. The van der Waals surface area contributed by atoms with E-state index in [-0.39, 0.29) is 6.42 Å². The molecular weight excluding hydrogens is 370 g/mol. The van der Waals surface area contributed by atoms with Crippen molar-refractivity contribution in [3.8, 4) is 0 Å². The van der Waals surface area contributed by atoms with Crippen molar-refractivity contribution in [2.75, 3.05) is 10.6 Å². The number of anilines is 1. The summed E-state index contributed by atoms with van der Waals surface area (Å²) in [5, 5.41) is 12.5. The number of hydrogen-bond acceptors (Lipinski definition) is 4. The minimum absolute atomic E-state index is 0.189. The number of hydrogen-bond donors (Lipinski definition) is 1. The van der Waals surface area contributed by atoms with Crippen LogP contribution >= 0.6 is 11.3 Å². The second kappa shape index (κ2) is 7.47. The van der Waals surface area contributed by atoms with Crippen molar-refractivity contribution < 1.29 is 18.3 Å². The zero-order valence-electron chi connectivity index (χ0n) is 14.2. The summed E-state index contributed by atoms with van der Waals surface area (Å²) in [5.41, 5.74) is 1.35. The predicted octanol–water partition coefficient (Wildman–Crippen LogP) is 3.75. The third-order valence-electron chi connectivity index (χ3n) is 4.17.